The number of nitrogens with zero attached hydrogens (tertiary/aromatic N) is 2. The van der Waals surface area contributed by atoms with Gasteiger partial charge >= 0.3 is 12.1 Å². The lowest BCUT2D eigenvalue weighted by molar-refractivity contribution is -0.146. The fourth-order valence-electron chi connectivity index (χ4n) is 2.71. The topological polar surface area (TPSA) is 79.7 Å². The first kappa shape index (κ1) is 17.7. The zero-order valence-electron chi connectivity index (χ0n) is 13.5. The number of rotatable bonds is 2. The molecule has 126 valence electrons. The van der Waals surface area contributed by atoms with E-state index in [0.29, 0.717) is 29.7 Å². The second-order valence-electron chi connectivity index (χ2n) is 6.74. The predicted molar refractivity (Wildman–Crippen MR) is 88.3 cm³/mol. The zero-order chi connectivity index (χ0) is 17.3. The molecule has 1 aromatic heterocycles. The molecule has 0 aliphatic carbocycles. The van der Waals surface area contributed by atoms with E-state index in [2.05, 4.69) is 20.9 Å². The van der Waals surface area contributed by atoms with Gasteiger partial charge in [0, 0.05) is 13.1 Å². The van der Waals surface area contributed by atoms with Crippen LogP contribution in [0.15, 0.2) is 22.8 Å². The molecule has 0 saturated carbocycles. The number of pyridine rings is 1. The molecule has 1 saturated heterocycles. The highest BCUT2D eigenvalue weighted by molar-refractivity contribution is 9.10. The second-order valence-corrected chi connectivity index (χ2v) is 7.55. The summed E-state index contributed by atoms with van der Waals surface area (Å²) in [6.07, 6.45) is 0.531. The summed E-state index contributed by atoms with van der Waals surface area (Å²) in [7, 11) is 0. The lowest BCUT2D eigenvalue weighted by Gasteiger charge is -2.39. The first-order valence-corrected chi connectivity index (χ1v) is 8.28. The minimum absolute atomic E-state index is 0.0562. The number of hydrogen-bond donors (Lipinski definition) is 1. The van der Waals surface area contributed by atoms with Crippen LogP contribution in [0.25, 0.3) is 0 Å². The number of aliphatic carboxylic acids is 1. The van der Waals surface area contributed by atoms with Crippen LogP contribution in [0, 0.1) is 0 Å². The van der Waals surface area contributed by atoms with E-state index in [-0.39, 0.29) is 6.54 Å². The number of piperidine rings is 1. The summed E-state index contributed by atoms with van der Waals surface area (Å²) in [6, 6.07) is 5.19. The molecule has 1 N–H and O–H groups in total. The predicted octanol–water partition coefficient (Wildman–Crippen LogP) is 3.20. The molecule has 0 radical (unpaired) electrons. The fourth-order valence-corrected chi connectivity index (χ4v) is 3.05. The van der Waals surface area contributed by atoms with Gasteiger partial charge in [0.15, 0.2) is 0 Å². The lowest BCUT2D eigenvalue weighted by atomic mass is 9.77. The number of ether oxygens (including phenoxy) is 1. The van der Waals surface area contributed by atoms with E-state index in [9.17, 15) is 14.7 Å². The molecule has 1 aromatic rings. The largest absolute Gasteiger partial charge is 0.480 e. The van der Waals surface area contributed by atoms with E-state index >= 15 is 0 Å². The first-order valence-electron chi connectivity index (χ1n) is 7.48. The van der Waals surface area contributed by atoms with Gasteiger partial charge in [0.25, 0.3) is 0 Å². The van der Waals surface area contributed by atoms with Gasteiger partial charge in [-0.2, -0.15) is 0 Å². The maximum atomic E-state index is 12.3. The maximum absolute atomic E-state index is 12.3. The van der Waals surface area contributed by atoms with E-state index in [0.717, 1.165) is 0 Å². The molecule has 0 bridgehead atoms. The fraction of sp³-hybridized carbons (Fsp3) is 0.562. The molecule has 1 unspecified atom stereocenters. The van der Waals surface area contributed by atoms with Crippen molar-refractivity contribution in [2.45, 2.75) is 44.6 Å². The van der Waals surface area contributed by atoms with Crippen molar-refractivity contribution in [2.24, 2.45) is 0 Å². The van der Waals surface area contributed by atoms with Gasteiger partial charge in [0.2, 0.25) is 0 Å². The van der Waals surface area contributed by atoms with Crippen molar-refractivity contribution < 1.29 is 19.4 Å². The van der Waals surface area contributed by atoms with Crippen LogP contribution in [-0.2, 0) is 14.9 Å². The Morgan fingerprint density at radius 1 is 1.39 bits per heavy atom. The smallest absolute Gasteiger partial charge is 0.410 e. The molecule has 1 fully saturated rings. The van der Waals surface area contributed by atoms with Gasteiger partial charge in [-0.05, 0) is 61.7 Å². The van der Waals surface area contributed by atoms with Gasteiger partial charge in [-0.1, -0.05) is 6.07 Å². The standard InChI is InChI=1S/C16H21BrN2O4/c1-15(2,3)23-14(22)19-9-5-8-16(10-19,13(20)21)11-6-4-7-12(17)18-11/h4,6-7H,5,8-10H2,1-3H3,(H,20,21). The minimum atomic E-state index is -1.21. The molecule has 1 amide bonds. The first-order chi connectivity index (χ1) is 10.6. The summed E-state index contributed by atoms with van der Waals surface area (Å²) in [5.74, 6) is -0.976. The van der Waals surface area contributed by atoms with Crippen LogP contribution in [0.5, 0.6) is 0 Å². The summed E-state index contributed by atoms with van der Waals surface area (Å²) in [5.41, 5.74) is -1.37. The average Bonchev–Trinajstić information content (AvgIpc) is 2.45. The van der Waals surface area contributed by atoms with E-state index in [1.54, 1.807) is 39.0 Å². The van der Waals surface area contributed by atoms with Gasteiger partial charge in [0.05, 0.1) is 5.69 Å². The molecule has 1 aliphatic rings. The van der Waals surface area contributed by atoms with Crippen molar-refractivity contribution >= 4 is 28.0 Å². The quantitative estimate of drug-likeness (QED) is 0.791. The van der Waals surface area contributed by atoms with Gasteiger partial charge in [-0.15, -0.1) is 0 Å². The van der Waals surface area contributed by atoms with Crippen molar-refractivity contribution in [3.05, 3.63) is 28.5 Å². The number of aromatic nitrogens is 1. The number of hydrogen-bond acceptors (Lipinski definition) is 4. The average molecular weight is 385 g/mol. The number of halogens is 1. The van der Waals surface area contributed by atoms with Crippen molar-refractivity contribution in [2.75, 3.05) is 13.1 Å². The third kappa shape index (κ3) is 4.02. The van der Waals surface area contributed by atoms with Crippen LogP contribution in [0.4, 0.5) is 4.79 Å². The molecule has 0 aromatic carbocycles. The summed E-state index contributed by atoms with van der Waals surface area (Å²) in [4.78, 5) is 30.1. The lowest BCUT2D eigenvalue weighted by Crippen LogP contribution is -2.53. The van der Waals surface area contributed by atoms with Crippen LogP contribution >= 0.6 is 15.9 Å². The van der Waals surface area contributed by atoms with Crippen molar-refractivity contribution in [1.82, 2.24) is 9.88 Å². The molecule has 1 aliphatic heterocycles. The van der Waals surface area contributed by atoms with Crippen LogP contribution < -0.4 is 0 Å². The molecule has 2 rings (SSSR count). The van der Waals surface area contributed by atoms with Gasteiger partial charge in [0.1, 0.15) is 15.6 Å². The Hall–Kier alpha value is -1.63. The van der Waals surface area contributed by atoms with Gasteiger partial charge < -0.3 is 14.7 Å². The highest BCUT2D eigenvalue weighted by Gasteiger charge is 2.47. The van der Waals surface area contributed by atoms with E-state index in [1.807, 2.05) is 0 Å². The van der Waals surface area contributed by atoms with Crippen LogP contribution in [-0.4, -0.2) is 45.7 Å². The monoisotopic (exact) mass is 384 g/mol. The number of likely N-dealkylation sites (tertiary alicyclic amines) is 1. The molecular formula is C16H21BrN2O4. The number of amides is 1. The Morgan fingerprint density at radius 2 is 2.09 bits per heavy atom. The number of carboxylic acid groups (broad SMARTS) is 1. The molecular weight excluding hydrogens is 364 g/mol. The van der Waals surface area contributed by atoms with E-state index < -0.39 is 23.1 Å². The number of carbonyl (C=O) groups is 2. The highest BCUT2D eigenvalue weighted by Crippen LogP contribution is 2.34. The third-order valence-electron chi connectivity index (χ3n) is 3.76. The van der Waals surface area contributed by atoms with Crippen LogP contribution in [0.1, 0.15) is 39.3 Å². The number of carbonyl (C=O) groups excluding carboxylic acids is 1. The zero-order valence-corrected chi connectivity index (χ0v) is 15.1. The maximum Gasteiger partial charge on any atom is 0.410 e. The Kier molecular flexibility index (Phi) is 4.98. The summed E-state index contributed by atoms with van der Waals surface area (Å²) in [6.45, 7) is 5.90. The normalized spacial score (nSPS) is 21.8. The highest BCUT2D eigenvalue weighted by atomic mass is 79.9. The molecule has 23 heavy (non-hydrogen) atoms. The molecule has 6 nitrogen and oxygen atoms in total. The van der Waals surface area contributed by atoms with Crippen LogP contribution in [0.3, 0.4) is 0 Å². The molecule has 1 atom stereocenters. The Morgan fingerprint density at radius 3 is 2.65 bits per heavy atom. The minimum Gasteiger partial charge on any atom is -0.480 e. The van der Waals surface area contributed by atoms with Crippen molar-refractivity contribution in [3.63, 3.8) is 0 Å². The van der Waals surface area contributed by atoms with Gasteiger partial charge in [-0.3, -0.25) is 4.79 Å². The summed E-state index contributed by atoms with van der Waals surface area (Å²) >= 11 is 3.28. The summed E-state index contributed by atoms with van der Waals surface area (Å²) < 4.78 is 5.95. The molecule has 0 spiro atoms. The van der Waals surface area contributed by atoms with E-state index in [1.165, 1.54) is 4.90 Å². The number of carboxylic acids is 1. The SMILES string of the molecule is CC(C)(C)OC(=O)N1CCCC(C(=O)O)(c2cccc(Br)n2)C1. The van der Waals surface area contributed by atoms with Crippen molar-refractivity contribution in [1.29, 1.82) is 0 Å². The van der Waals surface area contributed by atoms with Crippen LogP contribution in [0.2, 0.25) is 0 Å². The molecule has 2 heterocycles. The Balaban J connectivity index is 2.31. The van der Waals surface area contributed by atoms with E-state index in [4.69, 9.17) is 4.74 Å². The Bertz CT molecular complexity index is 614. The second kappa shape index (κ2) is 6.47. The van der Waals surface area contributed by atoms with Crippen molar-refractivity contribution in [3.8, 4) is 0 Å². The van der Waals surface area contributed by atoms with Gasteiger partial charge in [-0.25, -0.2) is 9.78 Å². The summed E-state index contributed by atoms with van der Waals surface area (Å²) in [5, 5.41) is 9.83. The molecule has 7 heteroatoms. The Labute approximate surface area is 144 Å². The third-order valence-corrected chi connectivity index (χ3v) is 4.20.